The van der Waals surface area contributed by atoms with Gasteiger partial charge in [-0.15, -0.1) is 0 Å². The number of benzene rings is 1. The molecule has 0 radical (unpaired) electrons. The second-order valence-corrected chi connectivity index (χ2v) is 14.3. The summed E-state index contributed by atoms with van der Waals surface area (Å²) in [5.41, 5.74) is 0.572. The molecule has 1 aromatic rings. The van der Waals surface area contributed by atoms with Gasteiger partial charge in [0.25, 0.3) is 0 Å². The minimum absolute atomic E-state index is 0.0276. The van der Waals surface area contributed by atoms with Crippen LogP contribution < -0.4 is 0 Å². The molecule has 0 unspecified atom stereocenters. The fraction of sp³-hybridized carbons (Fsp3) is 0.500. The van der Waals surface area contributed by atoms with Crippen LogP contribution in [0.15, 0.2) is 24.3 Å². The van der Waals surface area contributed by atoms with Crippen LogP contribution >= 0.6 is 0 Å². The molecule has 0 aromatic heterocycles. The predicted molar refractivity (Wildman–Crippen MR) is 106 cm³/mol. The van der Waals surface area contributed by atoms with E-state index < -0.39 is 52.7 Å². The third kappa shape index (κ3) is 7.01. The Morgan fingerprint density at radius 1 is 0.793 bits per heavy atom. The number of rotatable bonds is 9. The zero-order valence-corrected chi connectivity index (χ0v) is 19.3. The first-order valence-electron chi connectivity index (χ1n) is 7.72. The maximum Gasteiger partial charge on any atom is 0.224 e. The lowest BCUT2D eigenvalue weighted by Crippen LogP contribution is -2.46. The molecule has 0 aliphatic carbocycles. The summed E-state index contributed by atoms with van der Waals surface area (Å²) in [6.45, 7) is -0.991. The van der Waals surface area contributed by atoms with Crippen molar-refractivity contribution in [1.29, 1.82) is 5.26 Å². The highest BCUT2D eigenvalue weighted by Crippen LogP contribution is 2.29. The van der Waals surface area contributed by atoms with Gasteiger partial charge >= 0.3 is 0 Å². The van der Waals surface area contributed by atoms with Gasteiger partial charge in [0, 0.05) is 0 Å². The molecule has 1 aromatic carbocycles. The first-order chi connectivity index (χ1) is 12.9. The van der Waals surface area contributed by atoms with Crippen LogP contribution in [0.3, 0.4) is 0 Å². The Kier molecular flexibility index (Phi) is 7.60. The summed E-state index contributed by atoms with van der Waals surface area (Å²) in [5, 5.41) is 8.74. The quantitative estimate of drug-likeness (QED) is 0.434. The maximum absolute atomic E-state index is 12.2. The number of hydrogen-bond donors (Lipinski definition) is 0. The third-order valence-corrected chi connectivity index (χ3v) is 10.5. The van der Waals surface area contributed by atoms with Gasteiger partial charge in [-0.25, -0.2) is 33.7 Å². The summed E-state index contributed by atoms with van der Waals surface area (Å²) in [6, 6.07) is 5.69. The van der Waals surface area contributed by atoms with E-state index >= 15 is 0 Å². The Hall–Kier alpha value is -1.57. The van der Waals surface area contributed by atoms with Crippen molar-refractivity contribution in [2.75, 3.05) is 31.6 Å². The molecule has 0 bridgehead atoms. The standard InChI is InChI=1S/C14H21N3O8S4/c1-26(18,19)16(27(2,20)21)11-14(17(28(3,22)23)29(4,24)25)13-7-5-12(6-8-13)9-10-15/h5-8,14H,9,11H2,1-4H3/t14-/m1/s1. The molecule has 15 heteroatoms. The van der Waals surface area contributed by atoms with Gasteiger partial charge in [0.1, 0.15) is 0 Å². The minimum atomic E-state index is -4.45. The van der Waals surface area contributed by atoms with Crippen molar-refractivity contribution in [2.45, 2.75) is 12.5 Å². The fourth-order valence-corrected chi connectivity index (χ4v) is 8.67. The average Bonchev–Trinajstić information content (AvgIpc) is 2.47. The average molecular weight is 488 g/mol. The fourth-order valence-electron chi connectivity index (χ4n) is 2.61. The number of nitrogens with zero attached hydrogens (tertiary/aromatic N) is 3. The first kappa shape index (κ1) is 25.5. The molecule has 1 atom stereocenters. The highest BCUT2D eigenvalue weighted by atomic mass is 32.3. The highest BCUT2D eigenvalue weighted by molar-refractivity contribution is 8.04. The van der Waals surface area contributed by atoms with Crippen LogP contribution in [0.2, 0.25) is 0 Å². The second-order valence-electron chi connectivity index (χ2n) is 6.33. The van der Waals surface area contributed by atoms with E-state index in [-0.39, 0.29) is 19.4 Å². The van der Waals surface area contributed by atoms with Gasteiger partial charge in [-0.3, -0.25) is 0 Å². The molecule has 1 rings (SSSR count). The molecule has 29 heavy (non-hydrogen) atoms. The van der Waals surface area contributed by atoms with E-state index in [0.29, 0.717) is 30.6 Å². The third-order valence-electron chi connectivity index (χ3n) is 3.62. The molecule has 0 heterocycles. The smallest absolute Gasteiger partial charge is 0.212 e. The van der Waals surface area contributed by atoms with E-state index in [1.54, 1.807) is 0 Å². The number of nitriles is 1. The van der Waals surface area contributed by atoms with E-state index in [1.807, 2.05) is 6.07 Å². The molecule has 11 nitrogen and oxygen atoms in total. The SMILES string of the molecule is CS(=O)(=O)N(C[C@H](c1ccc(CC#N)cc1)N(S(C)(=O)=O)S(C)(=O)=O)S(C)(=O)=O. The van der Waals surface area contributed by atoms with Gasteiger partial charge in [0.2, 0.25) is 40.1 Å². The van der Waals surface area contributed by atoms with Crippen molar-refractivity contribution >= 4 is 40.1 Å². The molecular formula is C14H21N3O8S4. The minimum Gasteiger partial charge on any atom is -0.212 e. The van der Waals surface area contributed by atoms with Crippen LogP contribution in [0.25, 0.3) is 0 Å². The van der Waals surface area contributed by atoms with E-state index in [9.17, 15) is 33.7 Å². The molecule has 0 amide bonds. The topological polar surface area (TPSA) is 167 Å². The van der Waals surface area contributed by atoms with E-state index in [2.05, 4.69) is 0 Å². The molecule has 0 saturated heterocycles. The Balaban J connectivity index is 3.76. The molecule has 0 saturated carbocycles. The highest BCUT2D eigenvalue weighted by Gasteiger charge is 2.40. The van der Waals surface area contributed by atoms with Crippen LogP contribution in [0.4, 0.5) is 0 Å². The summed E-state index contributed by atoms with van der Waals surface area (Å²) in [6.07, 6.45) is 2.46. The van der Waals surface area contributed by atoms with Crippen LogP contribution in [0.1, 0.15) is 17.2 Å². The molecule has 0 aliphatic rings. The van der Waals surface area contributed by atoms with Gasteiger partial charge < -0.3 is 0 Å². The molecule has 0 aliphatic heterocycles. The zero-order valence-electron chi connectivity index (χ0n) is 16.0. The predicted octanol–water partition coefficient (Wildman–Crippen LogP) is -0.764. The van der Waals surface area contributed by atoms with E-state index in [0.717, 1.165) is 0 Å². The number of sulfonamides is 4. The summed E-state index contributed by atoms with van der Waals surface area (Å²) in [5.74, 6) is 0. The molecule has 0 fully saturated rings. The van der Waals surface area contributed by atoms with Crippen LogP contribution in [-0.2, 0) is 46.5 Å². The molecule has 164 valence electrons. The van der Waals surface area contributed by atoms with Crippen molar-refractivity contribution in [3.8, 4) is 6.07 Å². The Bertz CT molecular complexity index is 1150. The molecular weight excluding hydrogens is 466 g/mol. The molecule has 0 N–H and O–H groups in total. The van der Waals surface area contributed by atoms with Crippen molar-refractivity contribution < 1.29 is 33.7 Å². The lowest BCUT2D eigenvalue weighted by molar-refractivity contribution is 0.388. The Morgan fingerprint density at radius 2 is 1.21 bits per heavy atom. The summed E-state index contributed by atoms with van der Waals surface area (Å²) in [7, 11) is -17.7. The van der Waals surface area contributed by atoms with Crippen molar-refractivity contribution in [3.05, 3.63) is 35.4 Å². The lowest BCUT2D eigenvalue weighted by Gasteiger charge is -2.31. The van der Waals surface area contributed by atoms with Crippen molar-refractivity contribution in [2.24, 2.45) is 0 Å². The van der Waals surface area contributed by atoms with Crippen molar-refractivity contribution in [3.63, 3.8) is 0 Å². The largest absolute Gasteiger partial charge is 0.224 e. The second kappa shape index (κ2) is 8.66. The summed E-state index contributed by atoms with van der Waals surface area (Å²) < 4.78 is 97.0. The Morgan fingerprint density at radius 3 is 1.52 bits per heavy atom. The van der Waals surface area contributed by atoms with Gasteiger partial charge in [-0.05, 0) is 11.1 Å². The van der Waals surface area contributed by atoms with Gasteiger partial charge in [-0.1, -0.05) is 31.7 Å². The van der Waals surface area contributed by atoms with Crippen LogP contribution in [0.5, 0.6) is 0 Å². The van der Waals surface area contributed by atoms with Gasteiger partial charge in [-0.2, -0.15) is 5.26 Å². The van der Waals surface area contributed by atoms with E-state index in [4.69, 9.17) is 5.26 Å². The maximum atomic E-state index is 12.2. The first-order valence-corrected chi connectivity index (χ1v) is 15.1. The van der Waals surface area contributed by atoms with Gasteiger partial charge in [0.05, 0.1) is 50.1 Å². The summed E-state index contributed by atoms with van der Waals surface area (Å²) >= 11 is 0. The zero-order chi connectivity index (χ0) is 22.8. The Labute approximate surface area is 171 Å². The van der Waals surface area contributed by atoms with Gasteiger partial charge in [0.15, 0.2) is 0 Å². The number of hydrogen-bond acceptors (Lipinski definition) is 9. The van der Waals surface area contributed by atoms with Crippen LogP contribution in [0, 0.1) is 11.3 Å². The summed E-state index contributed by atoms with van der Waals surface area (Å²) in [4.78, 5) is 0. The van der Waals surface area contributed by atoms with Crippen LogP contribution in [-0.4, -0.2) is 72.7 Å². The lowest BCUT2D eigenvalue weighted by atomic mass is 10.0. The van der Waals surface area contributed by atoms with Crippen molar-refractivity contribution in [1.82, 2.24) is 7.42 Å². The normalized spacial score (nSPS) is 14.7. The van der Waals surface area contributed by atoms with E-state index in [1.165, 1.54) is 24.3 Å². The monoisotopic (exact) mass is 487 g/mol. The molecule has 0 spiro atoms.